The monoisotopic (exact) mass is 373 g/mol. The van der Waals surface area contributed by atoms with E-state index in [0.29, 0.717) is 35.3 Å². The van der Waals surface area contributed by atoms with Gasteiger partial charge < -0.3 is 20.7 Å². The van der Waals surface area contributed by atoms with E-state index in [9.17, 15) is 0 Å². The standard InChI is InChI=1S/C21H19N5O2/c1-13-2-9-20(24-12-13)27-16-5-3-14(4-6-16)10-15-11-18(28-26-15)17-7-8-19(22)25-21(17)23/h2-9,11-12H,10H2,1H3,(H4,22,23,25). The highest BCUT2D eigenvalue weighted by atomic mass is 16.5. The Labute approximate surface area is 162 Å². The summed E-state index contributed by atoms with van der Waals surface area (Å²) in [7, 11) is 0. The van der Waals surface area contributed by atoms with E-state index < -0.39 is 0 Å². The fourth-order valence-electron chi connectivity index (χ4n) is 2.74. The summed E-state index contributed by atoms with van der Waals surface area (Å²) in [4.78, 5) is 8.28. The maximum Gasteiger partial charge on any atom is 0.219 e. The molecule has 140 valence electrons. The SMILES string of the molecule is Cc1ccc(Oc2ccc(Cc3cc(-c4ccc(N)nc4N)on3)cc2)nc1. The molecule has 0 atom stereocenters. The Kier molecular flexibility index (Phi) is 4.63. The lowest BCUT2D eigenvalue weighted by Gasteiger charge is -2.05. The molecule has 0 saturated carbocycles. The molecule has 28 heavy (non-hydrogen) atoms. The first-order chi connectivity index (χ1) is 13.6. The zero-order valence-corrected chi connectivity index (χ0v) is 15.3. The number of nitrogen functional groups attached to an aromatic ring is 2. The van der Waals surface area contributed by atoms with Gasteiger partial charge in [0.15, 0.2) is 5.76 Å². The normalized spacial score (nSPS) is 10.8. The zero-order valence-electron chi connectivity index (χ0n) is 15.3. The van der Waals surface area contributed by atoms with Crippen molar-refractivity contribution in [3.05, 3.63) is 77.6 Å². The second-order valence-corrected chi connectivity index (χ2v) is 6.45. The van der Waals surface area contributed by atoms with Gasteiger partial charge in [-0.1, -0.05) is 23.4 Å². The molecule has 3 aromatic heterocycles. The first kappa shape index (κ1) is 17.5. The van der Waals surface area contributed by atoms with Crippen molar-refractivity contribution in [2.75, 3.05) is 11.5 Å². The summed E-state index contributed by atoms with van der Waals surface area (Å²) in [5, 5.41) is 4.12. The number of nitrogens with zero attached hydrogens (tertiary/aromatic N) is 3. The third-order valence-electron chi connectivity index (χ3n) is 4.19. The number of rotatable bonds is 5. The zero-order chi connectivity index (χ0) is 19.5. The smallest absolute Gasteiger partial charge is 0.219 e. The van der Waals surface area contributed by atoms with Crippen LogP contribution in [0.3, 0.4) is 0 Å². The van der Waals surface area contributed by atoms with E-state index in [1.54, 1.807) is 18.3 Å². The average Bonchev–Trinajstić information content (AvgIpc) is 3.13. The Morgan fingerprint density at radius 1 is 1.00 bits per heavy atom. The minimum Gasteiger partial charge on any atom is -0.439 e. The van der Waals surface area contributed by atoms with Crippen LogP contribution in [0.2, 0.25) is 0 Å². The van der Waals surface area contributed by atoms with Gasteiger partial charge in [-0.05, 0) is 42.3 Å². The second kappa shape index (κ2) is 7.40. The van der Waals surface area contributed by atoms with Crippen LogP contribution in [0.4, 0.5) is 11.6 Å². The number of ether oxygens (including phenoxy) is 1. The Morgan fingerprint density at radius 3 is 2.54 bits per heavy atom. The molecule has 0 aliphatic heterocycles. The number of hydrogen-bond acceptors (Lipinski definition) is 7. The van der Waals surface area contributed by atoms with Gasteiger partial charge in [-0.2, -0.15) is 0 Å². The van der Waals surface area contributed by atoms with Crippen molar-refractivity contribution in [3.8, 4) is 23.0 Å². The van der Waals surface area contributed by atoms with Crippen molar-refractivity contribution in [1.82, 2.24) is 15.1 Å². The largest absolute Gasteiger partial charge is 0.439 e. The lowest BCUT2D eigenvalue weighted by Crippen LogP contribution is -1.97. The molecular formula is C21H19N5O2. The number of hydrogen-bond donors (Lipinski definition) is 2. The summed E-state index contributed by atoms with van der Waals surface area (Å²) in [6, 6.07) is 16.9. The van der Waals surface area contributed by atoms with Crippen LogP contribution < -0.4 is 16.2 Å². The van der Waals surface area contributed by atoms with Crippen LogP contribution in [0, 0.1) is 6.92 Å². The molecule has 0 fully saturated rings. The number of pyridine rings is 2. The van der Waals surface area contributed by atoms with Crippen LogP contribution in [0.1, 0.15) is 16.8 Å². The number of aromatic nitrogens is 3. The number of benzene rings is 1. The Morgan fingerprint density at radius 2 is 1.82 bits per heavy atom. The third kappa shape index (κ3) is 3.93. The lowest BCUT2D eigenvalue weighted by atomic mass is 10.1. The molecule has 7 heteroatoms. The molecule has 0 unspecified atom stereocenters. The molecule has 0 bridgehead atoms. The van der Waals surface area contributed by atoms with Gasteiger partial charge in [-0.15, -0.1) is 0 Å². The van der Waals surface area contributed by atoms with Gasteiger partial charge in [0, 0.05) is 24.8 Å². The molecule has 0 spiro atoms. The maximum absolute atomic E-state index is 5.91. The van der Waals surface area contributed by atoms with E-state index in [1.165, 1.54) is 0 Å². The number of aryl methyl sites for hydroxylation is 1. The molecule has 4 rings (SSSR count). The highest BCUT2D eigenvalue weighted by molar-refractivity contribution is 5.71. The molecule has 1 aromatic carbocycles. The molecule has 4 N–H and O–H groups in total. The minimum absolute atomic E-state index is 0.314. The van der Waals surface area contributed by atoms with Crippen molar-refractivity contribution in [3.63, 3.8) is 0 Å². The molecular weight excluding hydrogens is 354 g/mol. The van der Waals surface area contributed by atoms with Crippen molar-refractivity contribution in [2.45, 2.75) is 13.3 Å². The van der Waals surface area contributed by atoms with Crippen LogP contribution >= 0.6 is 0 Å². The van der Waals surface area contributed by atoms with Gasteiger partial charge in [-0.3, -0.25) is 0 Å². The van der Waals surface area contributed by atoms with Gasteiger partial charge in [0.05, 0.1) is 11.3 Å². The summed E-state index contributed by atoms with van der Waals surface area (Å²) in [6.07, 6.45) is 2.39. The third-order valence-corrected chi connectivity index (χ3v) is 4.19. The first-order valence-electron chi connectivity index (χ1n) is 8.74. The van der Waals surface area contributed by atoms with Crippen molar-refractivity contribution in [2.24, 2.45) is 0 Å². The van der Waals surface area contributed by atoms with Crippen molar-refractivity contribution < 1.29 is 9.26 Å². The van der Waals surface area contributed by atoms with E-state index >= 15 is 0 Å². The van der Waals surface area contributed by atoms with Crippen molar-refractivity contribution >= 4 is 11.6 Å². The van der Waals surface area contributed by atoms with Gasteiger partial charge in [0.2, 0.25) is 5.88 Å². The van der Waals surface area contributed by atoms with Gasteiger partial charge in [0.1, 0.15) is 17.4 Å². The summed E-state index contributed by atoms with van der Waals surface area (Å²) >= 11 is 0. The van der Waals surface area contributed by atoms with E-state index in [0.717, 1.165) is 22.6 Å². The highest BCUT2D eigenvalue weighted by Crippen LogP contribution is 2.27. The van der Waals surface area contributed by atoms with Gasteiger partial charge >= 0.3 is 0 Å². The summed E-state index contributed by atoms with van der Waals surface area (Å²) < 4.78 is 11.2. The first-order valence-corrected chi connectivity index (χ1v) is 8.74. The van der Waals surface area contributed by atoms with Crippen LogP contribution in [-0.2, 0) is 6.42 Å². The quantitative estimate of drug-likeness (QED) is 0.544. The topological polar surface area (TPSA) is 113 Å². The molecule has 0 radical (unpaired) electrons. The fourth-order valence-corrected chi connectivity index (χ4v) is 2.74. The molecule has 4 aromatic rings. The highest BCUT2D eigenvalue weighted by Gasteiger charge is 2.11. The lowest BCUT2D eigenvalue weighted by molar-refractivity contribution is 0.425. The Hall–Kier alpha value is -3.87. The Balaban J connectivity index is 1.45. The van der Waals surface area contributed by atoms with Gasteiger partial charge in [0.25, 0.3) is 0 Å². The van der Waals surface area contributed by atoms with Crippen LogP contribution in [0.15, 0.2) is 65.3 Å². The molecule has 0 amide bonds. The van der Waals surface area contributed by atoms with Gasteiger partial charge in [-0.25, -0.2) is 9.97 Å². The predicted octanol–water partition coefficient (Wildman–Crippen LogP) is 3.99. The molecule has 0 aliphatic carbocycles. The van der Waals surface area contributed by atoms with E-state index in [1.807, 2.05) is 49.4 Å². The van der Waals surface area contributed by atoms with Crippen LogP contribution in [0.25, 0.3) is 11.3 Å². The number of nitrogens with two attached hydrogens (primary N) is 2. The molecule has 0 saturated heterocycles. The number of anilines is 2. The summed E-state index contributed by atoms with van der Waals surface area (Å²) in [6.45, 7) is 1.99. The molecule has 3 heterocycles. The Bertz CT molecular complexity index is 1090. The molecule has 0 aliphatic rings. The maximum atomic E-state index is 5.91. The molecule has 7 nitrogen and oxygen atoms in total. The second-order valence-electron chi connectivity index (χ2n) is 6.45. The van der Waals surface area contributed by atoms with Crippen LogP contribution in [0.5, 0.6) is 11.6 Å². The summed E-state index contributed by atoms with van der Waals surface area (Å²) in [5.41, 5.74) is 15.2. The fraction of sp³-hybridized carbons (Fsp3) is 0.0952. The van der Waals surface area contributed by atoms with E-state index in [-0.39, 0.29) is 0 Å². The predicted molar refractivity (Wildman–Crippen MR) is 107 cm³/mol. The average molecular weight is 373 g/mol. The van der Waals surface area contributed by atoms with E-state index in [4.69, 9.17) is 20.7 Å². The van der Waals surface area contributed by atoms with E-state index in [2.05, 4.69) is 15.1 Å². The van der Waals surface area contributed by atoms with Crippen LogP contribution in [-0.4, -0.2) is 15.1 Å². The summed E-state index contributed by atoms with van der Waals surface area (Å²) in [5.74, 6) is 2.53. The minimum atomic E-state index is 0.314. The van der Waals surface area contributed by atoms with Crippen molar-refractivity contribution in [1.29, 1.82) is 0 Å².